The van der Waals surface area contributed by atoms with E-state index in [4.69, 9.17) is 11.3 Å². The van der Waals surface area contributed by atoms with Crippen LogP contribution in [0.25, 0.3) is 61.5 Å². The van der Waals surface area contributed by atoms with Gasteiger partial charge in [-0.25, -0.2) is 10.1 Å². The van der Waals surface area contributed by atoms with Crippen molar-refractivity contribution < 1.29 is 4.74 Å². The van der Waals surface area contributed by atoms with Crippen molar-refractivity contribution in [2.45, 2.75) is 0 Å². The normalized spacial score (nSPS) is 11.7. The summed E-state index contributed by atoms with van der Waals surface area (Å²) in [6, 6.07) is 139. The summed E-state index contributed by atoms with van der Waals surface area (Å²) in [5.41, 5.74) is 26.8. The van der Waals surface area contributed by atoms with Crippen LogP contribution in [0.15, 0.2) is 435 Å². The van der Waals surface area contributed by atoms with Gasteiger partial charge in [0.15, 0.2) is 0 Å². The zero-order valence-corrected chi connectivity index (χ0v) is 57.6. The van der Waals surface area contributed by atoms with Gasteiger partial charge in [0.25, 0.3) is 5.70 Å². The van der Waals surface area contributed by atoms with Gasteiger partial charge in [-0.1, -0.05) is 328 Å². The van der Waals surface area contributed by atoms with Crippen molar-refractivity contribution in [3.63, 3.8) is 0 Å². The molecule has 14 aromatic carbocycles. The summed E-state index contributed by atoms with van der Waals surface area (Å²) in [4.78, 5) is 8.09. The summed E-state index contributed by atoms with van der Waals surface area (Å²) >= 11 is 0. The number of allylic oxidation sites excluding steroid dienone is 6. The highest BCUT2D eigenvalue weighted by molar-refractivity contribution is 6.06. The molecule has 0 unspecified atom stereocenters. The van der Waals surface area contributed by atoms with Crippen molar-refractivity contribution in [1.82, 2.24) is 0 Å². The molecule has 0 radical (unpaired) electrons. The Morgan fingerprint density at radius 3 is 0.733 bits per heavy atom. The number of nitriles is 1. The zero-order chi connectivity index (χ0) is 70.9. The molecule has 0 amide bonds. The van der Waals surface area contributed by atoms with E-state index >= 15 is 0 Å². The molecule has 5 nitrogen and oxygen atoms in total. The van der Waals surface area contributed by atoms with Crippen molar-refractivity contribution in [2.24, 2.45) is 0 Å². The number of benzene rings is 14. The maximum absolute atomic E-state index is 10.1. The molecule has 0 bridgehead atoms. The van der Waals surface area contributed by atoms with Crippen LogP contribution < -0.4 is 9.80 Å². The second kappa shape index (κ2) is 31.9. The summed E-state index contributed by atoms with van der Waals surface area (Å²) in [6.45, 7) is 7.86. The van der Waals surface area contributed by atoms with Crippen molar-refractivity contribution in [3.05, 3.63) is 502 Å². The standard InChI is InChI=1S/C100H70N4O/c1-102-96(72-101)87-70-94(68-46-73-42-60-90(61-43-73)103(88-38-22-8-23-39-88)92-64-56-77(57-65-92)75-48-52-85(53-49-75)99(83-34-18-6-19-35-83)97(79-26-10-2-11-27-79)80-28-12-3-13-29-80)105-95(71-87)69-47-74-44-62-91(63-45-74)104(89-40-24-9-25-41-89)93-66-58-78(59-67-93)76-50-54-86(55-51-76)100(84-36-20-7-21-37-84)98(81-30-14-4-15-31-81)82-32-16-5-17-33-82/h2-71H/b68-46+,69-47+. The predicted molar refractivity (Wildman–Crippen MR) is 436 cm³/mol. The van der Waals surface area contributed by atoms with Crippen molar-refractivity contribution in [3.8, 4) is 28.3 Å². The molecule has 1 aliphatic heterocycles. The summed E-state index contributed by atoms with van der Waals surface area (Å²) in [5.74, 6) is 0.987. The number of para-hydroxylation sites is 2. The fourth-order valence-corrected chi connectivity index (χ4v) is 13.6. The lowest BCUT2D eigenvalue weighted by Crippen LogP contribution is -2.09. The van der Waals surface area contributed by atoms with E-state index in [2.05, 4.69) is 397 Å². The Bertz CT molecular complexity index is 5190. The van der Waals surface area contributed by atoms with E-state index in [1.165, 1.54) is 22.3 Å². The maximum Gasteiger partial charge on any atom is 0.269 e. The number of nitrogens with zero attached hydrogens (tertiary/aromatic N) is 4. The second-order valence-electron chi connectivity index (χ2n) is 25.4. The molecule has 15 rings (SSSR count). The third kappa shape index (κ3) is 15.4. The summed E-state index contributed by atoms with van der Waals surface area (Å²) in [7, 11) is 0. The first-order valence-corrected chi connectivity index (χ1v) is 35.1. The molecular weight excluding hydrogens is 1270 g/mol. The summed E-state index contributed by atoms with van der Waals surface area (Å²) in [5, 5.41) is 10.1. The van der Waals surface area contributed by atoms with Crippen LogP contribution in [0.1, 0.15) is 55.6 Å². The third-order valence-corrected chi connectivity index (χ3v) is 18.7. The Hall–Kier alpha value is -14.4. The van der Waals surface area contributed by atoms with Gasteiger partial charge in [-0.3, -0.25) is 0 Å². The number of rotatable bonds is 20. The van der Waals surface area contributed by atoms with E-state index in [-0.39, 0.29) is 5.70 Å². The van der Waals surface area contributed by atoms with E-state index in [9.17, 15) is 5.26 Å². The highest BCUT2D eigenvalue weighted by Gasteiger charge is 2.21. The van der Waals surface area contributed by atoms with Crippen molar-refractivity contribution >= 4 is 68.6 Å². The first kappa shape index (κ1) is 66.5. The summed E-state index contributed by atoms with van der Waals surface area (Å²) in [6.07, 6.45) is 11.2. The highest BCUT2D eigenvalue weighted by atomic mass is 16.5. The Labute approximate surface area is 615 Å². The van der Waals surface area contributed by atoms with E-state index in [0.717, 1.165) is 112 Å². The molecule has 0 spiro atoms. The molecule has 0 atom stereocenters. The zero-order valence-electron chi connectivity index (χ0n) is 57.6. The molecular formula is C100H70N4O. The molecule has 1 aliphatic rings. The Balaban J connectivity index is 0.642. The average molecular weight is 1340 g/mol. The van der Waals surface area contributed by atoms with Crippen LogP contribution in [0.3, 0.4) is 0 Å². The van der Waals surface area contributed by atoms with Crippen molar-refractivity contribution in [2.75, 3.05) is 9.80 Å². The minimum atomic E-state index is -0.0216. The van der Waals surface area contributed by atoms with Crippen LogP contribution >= 0.6 is 0 Å². The minimum absolute atomic E-state index is 0.0216. The van der Waals surface area contributed by atoms with Gasteiger partial charge in [0.2, 0.25) is 0 Å². The lowest BCUT2D eigenvalue weighted by atomic mass is 9.85. The first-order valence-electron chi connectivity index (χ1n) is 35.1. The smallest absolute Gasteiger partial charge is 0.269 e. The SMILES string of the molecule is [C-]#[N+]C(C#N)=C1C=C(/C=C/c2ccc(N(c3ccccc3)c3ccc(-c4ccc(C(=C(c5ccccc5)c5ccccc5)c5ccccc5)cc4)cc3)cc2)OC(/C=C/c2ccc(N(c3ccccc3)c3ccc(-c4ccc(C(=C(c5ccccc5)c5ccccc5)c5ccccc5)cc4)cc3)cc2)=C1. The predicted octanol–water partition coefficient (Wildman–Crippen LogP) is 26.2. The Kier molecular flexibility index (Phi) is 20.2. The largest absolute Gasteiger partial charge is 0.457 e. The van der Waals surface area contributed by atoms with Gasteiger partial charge in [0.1, 0.15) is 11.5 Å². The van der Waals surface area contributed by atoms with Crippen LogP contribution in [0.4, 0.5) is 34.1 Å². The molecule has 0 N–H and O–H groups in total. The van der Waals surface area contributed by atoms with Gasteiger partial charge >= 0.3 is 0 Å². The van der Waals surface area contributed by atoms with Crippen LogP contribution in [0.5, 0.6) is 0 Å². The Morgan fingerprint density at radius 2 is 0.486 bits per heavy atom. The summed E-state index contributed by atoms with van der Waals surface area (Å²) < 4.78 is 6.47. The molecule has 0 aliphatic carbocycles. The molecule has 0 aromatic heterocycles. The monoisotopic (exact) mass is 1340 g/mol. The molecule has 496 valence electrons. The number of hydrogen-bond acceptors (Lipinski definition) is 4. The maximum atomic E-state index is 10.1. The van der Waals surface area contributed by atoms with Crippen molar-refractivity contribution in [1.29, 1.82) is 5.26 Å². The van der Waals surface area contributed by atoms with Gasteiger partial charge in [-0.15, -0.1) is 0 Å². The topological polar surface area (TPSA) is 43.9 Å². The van der Waals surface area contributed by atoms with Gasteiger partial charge in [0, 0.05) is 34.1 Å². The minimum Gasteiger partial charge on any atom is -0.457 e. The molecule has 0 saturated heterocycles. The highest BCUT2D eigenvalue weighted by Crippen LogP contribution is 2.43. The quantitative estimate of drug-likeness (QED) is 0.0433. The van der Waals surface area contributed by atoms with E-state index in [1.807, 2.05) is 36.4 Å². The molecule has 14 aromatic rings. The van der Waals surface area contributed by atoms with E-state index < -0.39 is 0 Å². The van der Waals surface area contributed by atoms with Gasteiger partial charge in [0.05, 0.1) is 12.6 Å². The molecule has 0 fully saturated rings. The fraction of sp³-hybridized carbons (Fsp3) is 0. The molecule has 5 heteroatoms. The van der Waals surface area contributed by atoms with Gasteiger partial charge < -0.3 is 14.5 Å². The van der Waals surface area contributed by atoms with Crippen LogP contribution in [-0.2, 0) is 4.74 Å². The van der Waals surface area contributed by atoms with Crippen LogP contribution in [0.2, 0.25) is 0 Å². The van der Waals surface area contributed by atoms with Crippen LogP contribution in [-0.4, -0.2) is 0 Å². The number of anilines is 6. The second-order valence-corrected chi connectivity index (χ2v) is 25.4. The van der Waals surface area contributed by atoms with E-state index in [0.29, 0.717) is 17.1 Å². The molecule has 105 heavy (non-hydrogen) atoms. The number of hydrogen-bond donors (Lipinski definition) is 0. The van der Waals surface area contributed by atoms with Gasteiger partial charge in [-0.2, -0.15) is 0 Å². The van der Waals surface area contributed by atoms with Crippen LogP contribution in [0, 0.1) is 17.9 Å². The van der Waals surface area contributed by atoms with E-state index in [1.54, 1.807) is 12.2 Å². The fourth-order valence-electron chi connectivity index (χ4n) is 13.6. The molecule has 0 saturated carbocycles. The average Bonchev–Trinajstić information content (AvgIpc) is 0.785. The Morgan fingerprint density at radius 1 is 0.267 bits per heavy atom. The van der Waals surface area contributed by atoms with Gasteiger partial charge in [-0.05, 0) is 203 Å². The lowest BCUT2D eigenvalue weighted by molar-refractivity contribution is 0.332. The number of ether oxygens (including phenoxy) is 1. The lowest BCUT2D eigenvalue weighted by Gasteiger charge is -2.26. The first-order chi connectivity index (χ1) is 52.0. The third-order valence-electron chi connectivity index (χ3n) is 18.7. The molecule has 1 heterocycles.